The average Bonchev–Trinajstić information content (AvgIpc) is 3.22. The Balaban J connectivity index is 0.00000300. The second kappa shape index (κ2) is 8.18. The van der Waals surface area contributed by atoms with E-state index in [1.54, 1.807) is 0 Å². The number of fused-ring (bicyclic) bond motifs is 1. The quantitative estimate of drug-likeness (QED) is 0.677. The third kappa shape index (κ3) is 3.80. The number of rotatable bonds is 6. The first kappa shape index (κ1) is 9.56. The van der Waals surface area contributed by atoms with Crippen molar-refractivity contribution < 1.29 is 14.3 Å². The van der Waals surface area contributed by atoms with Gasteiger partial charge in [0, 0.05) is 16.7 Å². The van der Waals surface area contributed by atoms with Crippen molar-refractivity contribution in [1.29, 1.82) is 0 Å². The van der Waals surface area contributed by atoms with Crippen LogP contribution in [0.5, 0.6) is 5.75 Å². The van der Waals surface area contributed by atoms with Crippen LogP contribution >= 0.6 is 23.7 Å². The monoisotopic (exact) mass is 340 g/mol. The highest BCUT2D eigenvalue weighted by molar-refractivity contribution is 7.10. The summed E-state index contributed by atoms with van der Waals surface area (Å²) in [7, 11) is 1.81. The molecule has 0 bridgehead atoms. The summed E-state index contributed by atoms with van der Waals surface area (Å²) in [6.07, 6.45) is 0.119. The van der Waals surface area contributed by atoms with E-state index in [2.05, 4.69) is 5.32 Å². The van der Waals surface area contributed by atoms with E-state index in [4.69, 9.17) is 14.3 Å². The minimum atomic E-state index is -0.473. The highest BCUT2D eigenvalue weighted by Gasteiger charge is 2.15. The second-order valence-corrected chi connectivity index (χ2v) is 5.45. The van der Waals surface area contributed by atoms with Crippen LogP contribution in [0.4, 0.5) is 0 Å². The van der Waals surface area contributed by atoms with Crippen molar-refractivity contribution >= 4 is 34.5 Å². The maximum atomic E-state index is 8.31. The van der Waals surface area contributed by atoms with E-state index in [-0.39, 0.29) is 41.0 Å². The first-order valence-electron chi connectivity index (χ1n) is 10.1. The van der Waals surface area contributed by atoms with Crippen LogP contribution in [0.15, 0.2) is 59.8 Å². The number of nitrogens with one attached hydrogen (secondary N) is 1. The van der Waals surface area contributed by atoms with Crippen LogP contribution in [-0.2, 0) is 0 Å². The Morgan fingerprint density at radius 2 is 2.05 bits per heavy atom. The van der Waals surface area contributed by atoms with Crippen LogP contribution in [0.1, 0.15) is 27.0 Å². The fraction of sp³-hybridized carbons (Fsp3) is 0.222. The third-order valence-electron chi connectivity index (χ3n) is 3.06. The number of hydrogen-bond acceptors (Lipinski definition) is 3. The molecule has 1 atom stereocenters. The molecule has 0 spiro atoms. The van der Waals surface area contributed by atoms with Gasteiger partial charge in [0.2, 0.25) is 0 Å². The van der Waals surface area contributed by atoms with Gasteiger partial charge in [0.1, 0.15) is 11.9 Å². The van der Waals surface area contributed by atoms with Crippen molar-refractivity contribution in [3.8, 4) is 5.75 Å². The highest BCUT2D eigenvalue weighted by atomic mass is 35.5. The molecule has 1 heterocycles. The zero-order valence-electron chi connectivity index (χ0n) is 18.9. The molecule has 0 fully saturated rings. The summed E-state index contributed by atoms with van der Waals surface area (Å²) < 4.78 is 62.9. The molecule has 0 aliphatic rings. The van der Waals surface area contributed by atoms with Gasteiger partial charge >= 0.3 is 0 Å². The van der Waals surface area contributed by atoms with Crippen molar-refractivity contribution in [1.82, 2.24) is 5.32 Å². The molecule has 0 amide bonds. The van der Waals surface area contributed by atoms with Crippen LogP contribution in [0.3, 0.4) is 0 Å². The fourth-order valence-corrected chi connectivity index (χ4v) is 2.82. The molecule has 4 heteroatoms. The second-order valence-electron chi connectivity index (χ2n) is 4.47. The van der Waals surface area contributed by atoms with E-state index < -0.39 is 36.3 Å². The number of hydrogen-bond donors (Lipinski definition) is 1. The molecule has 3 rings (SSSR count). The number of benzene rings is 2. The van der Waals surface area contributed by atoms with E-state index in [1.165, 1.54) is 11.3 Å². The SMILES string of the molecule is Cl.[2H]c1c([2H])c([2H])c2c(O[C@@H](CCNC)c3cccs3)c([2H])c([2H])c([2H])c2c1[2H]. The van der Waals surface area contributed by atoms with Crippen LogP contribution in [0, 0.1) is 0 Å². The van der Waals surface area contributed by atoms with E-state index in [0.717, 1.165) is 4.88 Å². The molecular weight excluding hydrogens is 314 g/mol. The van der Waals surface area contributed by atoms with Crippen molar-refractivity contribution in [3.05, 3.63) is 64.7 Å². The summed E-state index contributed by atoms with van der Waals surface area (Å²) in [6, 6.07) is 0.897. The van der Waals surface area contributed by atoms with Gasteiger partial charge in [0.05, 0.1) is 9.60 Å². The molecule has 0 aliphatic carbocycles. The largest absolute Gasteiger partial charge is 0.484 e. The van der Waals surface area contributed by atoms with Gasteiger partial charge in [-0.05, 0) is 36.5 Å². The van der Waals surface area contributed by atoms with Crippen molar-refractivity contribution in [2.45, 2.75) is 12.5 Å². The predicted octanol–water partition coefficient (Wildman–Crippen LogP) is 5.05. The van der Waals surface area contributed by atoms with Gasteiger partial charge in [-0.1, -0.05) is 42.3 Å². The zero-order valence-corrected chi connectivity index (χ0v) is 13.6. The minimum absolute atomic E-state index is 0. The van der Waals surface area contributed by atoms with Gasteiger partial charge in [-0.25, -0.2) is 0 Å². The van der Waals surface area contributed by atoms with Crippen LogP contribution in [-0.4, -0.2) is 13.6 Å². The Bertz CT molecular complexity index is 1020. The Kier molecular flexibility index (Phi) is 3.55. The molecular formula is C18H20ClNOS. The predicted molar refractivity (Wildman–Crippen MR) is 97.4 cm³/mol. The van der Waals surface area contributed by atoms with E-state index in [0.29, 0.717) is 13.0 Å². The molecule has 2 nitrogen and oxygen atoms in total. The molecule has 1 aromatic heterocycles. The van der Waals surface area contributed by atoms with Crippen LogP contribution in [0.2, 0.25) is 0 Å². The van der Waals surface area contributed by atoms with Crippen molar-refractivity contribution in [2.75, 3.05) is 13.6 Å². The molecule has 0 unspecified atom stereocenters. The molecule has 1 N–H and O–H groups in total. The number of ether oxygens (including phenoxy) is 1. The molecule has 0 saturated carbocycles. The lowest BCUT2D eigenvalue weighted by Gasteiger charge is -2.19. The van der Waals surface area contributed by atoms with Gasteiger partial charge in [0.25, 0.3) is 0 Å². The zero-order chi connectivity index (χ0) is 20.6. The maximum absolute atomic E-state index is 8.31. The minimum Gasteiger partial charge on any atom is -0.484 e. The molecule has 3 aromatic rings. The fourth-order valence-electron chi connectivity index (χ4n) is 2.03. The summed E-state index contributed by atoms with van der Waals surface area (Å²) in [5.41, 5.74) is 0. The lowest BCUT2D eigenvalue weighted by atomic mass is 10.1. The van der Waals surface area contributed by atoms with Crippen LogP contribution < -0.4 is 10.1 Å². The molecule has 22 heavy (non-hydrogen) atoms. The first-order chi connectivity index (χ1) is 13.3. The van der Waals surface area contributed by atoms with E-state index in [9.17, 15) is 0 Å². The first-order valence-corrected chi connectivity index (χ1v) is 7.52. The van der Waals surface area contributed by atoms with Crippen molar-refractivity contribution in [3.63, 3.8) is 0 Å². The number of thiophene rings is 1. The summed E-state index contributed by atoms with van der Waals surface area (Å²) in [5.74, 6) is -0.0856. The molecule has 0 aliphatic heterocycles. The number of halogens is 1. The standard InChI is InChI=1S/C18H19NOS.ClH/c1-19-12-11-17(18-10-5-13-21-18)20-16-9-4-7-14-6-2-3-8-15(14)16;/h2-10,13,17,19H,11-12H2,1H3;1H/t17-;/m0./s1/i2D,3D,4D,6D,7D,8D,9D;. The van der Waals surface area contributed by atoms with Crippen LogP contribution in [0.25, 0.3) is 10.8 Å². The van der Waals surface area contributed by atoms with Gasteiger partial charge in [-0.3, -0.25) is 0 Å². The third-order valence-corrected chi connectivity index (χ3v) is 4.02. The summed E-state index contributed by atoms with van der Waals surface area (Å²) >= 11 is 1.48. The maximum Gasteiger partial charge on any atom is 0.134 e. The van der Waals surface area contributed by atoms with Gasteiger partial charge in [0.15, 0.2) is 0 Å². The summed E-state index contributed by atoms with van der Waals surface area (Å²) in [5, 5.41) is 4.82. The lowest BCUT2D eigenvalue weighted by Crippen LogP contribution is -2.15. The molecule has 0 radical (unpaired) electrons. The molecule has 116 valence electrons. The molecule has 2 aromatic carbocycles. The normalized spacial score (nSPS) is 16.3. The van der Waals surface area contributed by atoms with Gasteiger partial charge in [-0.2, -0.15) is 0 Å². The van der Waals surface area contributed by atoms with Gasteiger partial charge < -0.3 is 10.1 Å². The summed E-state index contributed by atoms with van der Waals surface area (Å²) in [6.45, 7) is 0.635. The summed E-state index contributed by atoms with van der Waals surface area (Å²) in [4.78, 5) is 0.908. The highest BCUT2D eigenvalue weighted by Crippen LogP contribution is 2.32. The Morgan fingerprint density at radius 1 is 1.23 bits per heavy atom. The van der Waals surface area contributed by atoms with Gasteiger partial charge in [-0.15, -0.1) is 23.7 Å². The average molecular weight is 341 g/mol. The lowest BCUT2D eigenvalue weighted by molar-refractivity contribution is 0.201. The topological polar surface area (TPSA) is 21.3 Å². The van der Waals surface area contributed by atoms with E-state index >= 15 is 0 Å². The van der Waals surface area contributed by atoms with E-state index in [1.807, 2.05) is 24.6 Å². The Labute approximate surface area is 151 Å². The molecule has 0 saturated heterocycles. The smallest absolute Gasteiger partial charge is 0.134 e. The Morgan fingerprint density at radius 3 is 2.82 bits per heavy atom. The Hall–Kier alpha value is -1.55. The van der Waals surface area contributed by atoms with Crippen molar-refractivity contribution in [2.24, 2.45) is 0 Å².